The highest BCUT2D eigenvalue weighted by molar-refractivity contribution is 7.22. The van der Waals surface area contributed by atoms with Crippen LogP contribution in [0.4, 0.5) is 5.13 Å². The molecule has 4 heterocycles. The number of hydrogen-bond acceptors (Lipinski definition) is 7. The van der Waals surface area contributed by atoms with E-state index < -0.39 is 17.7 Å². The molecule has 5 rings (SSSR count). The molecule has 0 spiro atoms. The van der Waals surface area contributed by atoms with Gasteiger partial charge in [-0.25, -0.2) is 4.98 Å². The summed E-state index contributed by atoms with van der Waals surface area (Å²) in [5.41, 5.74) is 2.46. The Hall–Kier alpha value is -3.36. The molecular weight excluding hydrogens is 442 g/mol. The largest absolute Gasteiger partial charge is 0.503 e. The molecule has 4 aromatic rings. The Bertz CT molecular complexity index is 1360. The number of rotatable bonds is 5. The first-order chi connectivity index (χ1) is 15.5. The van der Waals surface area contributed by atoms with Crippen LogP contribution >= 0.6 is 22.7 Å². The Labute approximate surface area is 192 Å². The van der Waals surface area contributed by atoms with Crippen molar-refractivity contribution in [3.63, 3.8) is 0 Å². The maximum absolute atomic E-state index is 13.3. The molecule has 1 N–H and O–H groups in total. The lowest BCUT2D eigenvalue weighted by Gasteiger charge is -2.23. The molecule has 0 saturated heterocycles. The van der Waals surface area contributed by atoms with E-state index in [-0.39, 0.29) is 11.4 Å². The number of thiazole rings is 1. The number of nitrogens with zero attached hydrogens (tertiary/aromatic N) is 3. The summed E-state index contributed by atoms with van der Waals surface area (Å²) in [5, 5.41) is 13.0. The number of carbonyl (C=O) groups is 2. The van der Waals surface area contributed by atoms with Crippen LogP contribution in [0.25, 0.3) is 10.2 Å². The molecule has 160 valence electrons. The quantitative estimate of drug-likeness (QED) is 0.388. The Morgan fingerprint density at radius 1 is 1.16 bits per heavy atom. The van der Waals surface area contributed by atoms with Crippen molar-refractivity contribution in [1.29, 1.82) is 0 Å². The van der Waals surface area contributed by atoms with Crippen LogP contribution in [-0.4, -0.2) is 26.8 Å². The van der Waals surface area contributed by atoms with Gasteiger partial charge in [-0.1, -0.05) is 43.4 Å². The number of anilines is 1. The zero-order valence-electron chi connectivity index (χ0n) is 17.4. The van der Waals surface area contributed by atoms with Crippen LogP contribution in [0.1, 0.15) is 46.7 Å². The molecule has 1 aliphatic rings. The van der Waals surface area contributed by atoms with Gasteiger partial charge >= 0.3 is 0 Å². The third kappa shape index (κ3) is 3.32. The summed E-state index contributed by atoms with van der Waals surface area (Å²) in [5.74, 6) is -1.22. The van der Waals surface area contributed by atoms with E-state index in [4.69, 9.17) is 0 Å². The van der Waals surface area contributed by atoms with Crippen LogP contribution in [0.5, 0.6) is 0 Å². The van der Waals surface area contributed by atoms with Crippen LogP contribution in [0.15, 0.2) is 71.4 Å². The fraction of sp³-hybridized carbons (Fsp3) is 0.167. The van der Waals surface area contributed by atoms with Crippen LogP contribution in [-0.2, 0) is 4.79 Å². The van der Waals surface area contributed by atoms with Crippen molar-refractivity contribution in [2.24, 2.45) is 0 Å². The van der Waals surface area contributed by atoms with Gasteiger partial charge in [0.15, 0.2) is 10.9 Å². The fourth-order valence-electron chi connectivity index (χ4n) is 3.78. The van der Waals surface area contributed by atoms with Crippen molar-refractivity contribution in [2.45, 2.75) is 25.8 Å². The van der Waals surface area contributed by atoms with E-state index in [1.807, 2.05) is 12.1 Å². The second-order valence-corrected chi connectivity index (χ2v) is 9.74. The number of aliphatic hydroxyl groups excluding tert-OH is 1. The molecule has 1 unspecified atom stereocenters. The Balaban J connectivity index is 1.65. The van der Waals surface area contributed by atoms with E-state index in [1.54, 1.807) is 41.9 Å². The highest BCUT2D eigenvalue weighted by Gasteiger charge is 2.46. The molecule has 0 radical (unpaired) electrons. The number of hydrogen-bond donors (Lipinski definition) is 1. The third-order valence-corrected chi connectivity index (χ3v) is 7.33. The lowest BCUT2D eigenvalue weighted by molar-refractivity contribution is -0.117. The number of amides is 1. The number of fused-ring (bicyclic) bond motifs is 1. The third-order valence-electron chi connectivity index (χ3n) is 5.44. The van der Waals surface area contributed by atoms with Gasteiger partial charge in [0.05, 0.1) is 26.4 Å². The van der Waals surface area contributed by atoms with E-state index >= 15 is 0 Å². The molecule has 1 aliphatic heterocycles. The number of benzene rings is 1. The molecule has 1 aromatic carbocycles. The fourth-order valence-corrected chi connectivity index (χ4v) is 5.50. The van der Waals surface area contributed by atoms with Crippen molar-refractivity contribution >= 4 is 49.7 Å². The molecular formula is C24H19N3O3S2. The Morgan fingerprint density at radius 2 is 2.00 bits per heavy atom. The number of carbonyl (C=O) groups excluding carboxylic acids is 2. The molecule has 3 aromatic heterocycles. The number of pyridine rings is 1. The standard InChI is InChI=1S/C24H19N3O3S2/c1-13(2)14-8-9-15-18(12-14)32-24(26-15)27-20(16-6-3-4-10-25-16)19(22(29)23(27)30)21(28)17-7-5-11-31-17/h3-13,20,29H,1-2H3. The van der Waals surface area contributed by atoms with E-state index in [2.05, 4.69) is 29.9 Å². The smallest absolute Gasteiger partial charge is 0.296 e. The summed E-state index contributed by atoms with van der Waals surface area (Å²) in [7, 11) is 0. The Kier molecular flexibility index (Phi) is 5.11. The van der Waals surface area contributed by atoms with E-state index in [9.17, 15) is 14.7 Å². The second-order valence-electron chi connectivity index (χ2n) is 7.78. The molecule has 0 bridgehead atoms. The zero-order valence-corrected chi connectivity index (χ0v) is 19.0. The molecule has 1 amide bonds. The molecule has 6 nitrogen and oxygen atoms in total. The highest BCUT2D eigenvalue weighted by Crippen LogP contribution is 2.44. The van der Waals surface area contributed by atoms with E-state index in [0.29, 0.717) is 21.6 Å². The number of aliphatic hydroxyl groups is 1. The molecule has 32 heavy (non-hydrogen) atoms. The summed E-state index contributed by atoms with van der Waals surface area (Å²) in [6.45, 7) is 4.24. The minimum atomic E-state index is -0.858. The van der Waals surface area contributed by atoms with Gasteiger partial charge in [0.2, 0.25) is 5.78 Å². The SMILES string of the molecule is CC(C)c1ccc2nc(N3C(=O)C(O)=C(C(=O)c4cccs4)C3c3ccccn3)sc2c1. The van der Waals surface area contributed by atoms with Gasteiger partial charge in [0, 0.05) is 6.20 Å². The van der Waals surface area contributed by atoms with E-state index in [0.717, 1.165) is 10.2 Å². The molecule has 1 atom stereocenters. The van der Waals surface area contributed by atoms with Gasteiger partial charge in [0.1, 0.15) is 6.04 Å². The average Bonchev–Trinajstić information content (AvgIpc) is 3.52. The number of aromatic nitrogens is 2. The first-order valence-electron chi connectivity index (χ1n) is 10.1. The molecule has 0 fully saturated rings. The molecule has 8 heteroatoms. The number of Topliss-reactive ketones (excluding diaryl/α,β-unsaturated/α-hetero) is 1. The predicted molar refractivity (Wildman–Crippen MR) is 126 cm³/mol. The topological polar surface area (TPSA) is 83.4 Å². The minimum Gasteiger partial charge on any atom is -0.503 e. The number of ketones is 1. The maximum Gasteiger partial charge on any atom is 0.296 e. The highest BCUT2D eigenvalue weighted by atomic mass is 32.1. The first-order valence-corrected chi connectivity index (χ1v) is 11.8. The first kappa shape index (κ1) is 20.5. The summed E-state index contributed by atoms with van der Waals surface area (Å²) >= 11 is 2.63. The van der Waals surface area contributed by atoms with Crippen LogP contribution in [0.3, 0.4) is 0 Å². The Morgan fingerprint density at radius 3 is 2.69 bits per heavy atom. The molecule has 0 saturated carbocycles. The minimum absolute atomic E-state index is 0.0262. The van der Waals surface area contributed by atoms with Crippen molar-refractivity contribution in [1.82, 2.24) is 9.97 Å². The summed E-state index contributed by atoms with van der Waals surface area (Å²) in [4.78, 5) is 37.4. The van der Waals surface area contributed by atoms with Crippen molar-refractivity contribution in [3.05, 3.63) is 87.6 Å². The second kappa shape index (κ2) is 7.96. The van der Waals surface area contributed by atoms with Crippen LogP contribution < -0.4 is 4.90 Å². The lowest BCUT2D eigenvalue weighted by Crippen LogP contribution is -2.31. The van der Waals surface area contributed by atoms with Crippen molar-refractivity contribution in [3.8, 4) is 0 Å². The van der Waals surface area contributed by atoms with Gasteiger partial charge in [-0.3, -0.25) is 19.5 Å². The van der Waals surface area contributed by atoms with Crippen LogP contribution in [0.2, 0.25) is 0 Å². The van der Waals surface area contributed by atoms with Gasteiger partial charge < -0.3 is 5.11 Å². The van der Waals surface area contributed by atoms with Gasteiger partial charge in [-0.15, -0.1) is 11.3 Å². The summed E-state index contributed by atoms with van der Waals surface area (Å²) in [6, 6.07) is 13.9. The van der Waals surface area contributed by atoms with Crippen LogP contribution in [0, 0.1) is 0 Å². The van der Waals surface area contributed by atoms with Gasteiger partial charge in [-0.2, -0.15) is 0 Å². The van der Waals surface area contributed by atoms with Crippen molar-refractivity contribution < 1.29 is 14.7 Å². The number of thiophene rings is 1. The summed E-state index contributed by atoms with van der Waals surface area (Å²) < 4.78 is 0.941. The molecule has 0 aliphatic carbocycles. The van der Waals surface area contributed by atoms with Crippen molar-refractivity contribution in [2.75, 3.05) is 4.90 Å². The van der Waals surface area contributed by atoms with Gasteiger partial charge in [0.25, 0.3) is 5.91 Å². The maximum atomic E-state index is 13.3. The average molecular weight is 462 g/mol. The predicted octanol–water partition coefficient (Wildman–Crippen LogP) is 5.66. The summed E-state index contributed by atoms with van der Waals surface area (Å²) in [6.07, 6.45) is 1.61. The zero-order chi connectivity index (χ0) is 22.4. The normalized spacial score (nSPS) is 16.5. The van der Waals surface area contributed by atoms with E-state index in [1.165, 1.54) is 33.1 Å². The lowest BCUT2D eigenvalue weighted by atomic mass is 9.99. The monoisotopic (exact) mass is 461 g/mol. The van der Waals surface area contributed by atoms with Gasteiger partial charge in [-0.05, 0) is 47.2 Å².